The summed E-state index contributed by atoms with van der Waals surface area (Å²) >= 11 is 0. The second kappa shape index (κ2) is 12.0. The molecule has 0 aromatic carbocycles. The number of nitrogens with one attached hydrogen (secondary N) is 1. The molecule has 40 heavy (non-hydrogen) atoms. The topological polar surface area (TPSA) is 93.6 Å². The van der Waals surface area contributed by atoms with Gasteiger partial charge in [0.05, 0.1) is 30.1 Å². The first-order valence-corrected chi connectivity index (χ1v) is 13.6. The van der Waals surface area contributed by atoms with Gasteiger partial charge in [-0.1, -0.05) is 24.0 Å². The van der Waals surface area contributed by atoms with E-state index in [0.29, 0.717) is 41.7 Å². The van der Waals surface area contributed by atoms with Gasteiger partial charge < -0.3 is 23.9 Å². The van der Waals surface area contributed by atoms with Crippen molar-refractivity contribution in [2.24, 2.45) is 4.99 Å². The fourth-order valence-corrected chi connectivity index (χ4v) is 5.10. The molecular formula is C30H32FN7O2. The zero-order valence-corrected chi connectivity index (χ0v) is 22.5. The van der Waals surface area contributed by atoms with Crippen LogP contribution in [-0.2, 0) is 17.7 Å². The minimum Gasteiger partial charge on any atom is -0.440 e. The maximum absolute atomic E-state index is 13.8. The van der Waals surface area contributed by atoms with Gasteiger partial charge >= 0.3 is 0 Å². The van der Waals surface area contributed by atoms with E-state index in [-0.39, 0.29) is 5.92 Å². The number of imidazole rings is 1. The van der Waals surface area contributed by atoms with Crippen molar-refractivity contribution in [2.75, 3.05) is 45.2 Å². The van der Waals surface area contributed by atoms with Crippen LogP contribution < -0.4 is 16.0 Å². The van der Waals surface area contributed by atoms with E-state index in [1.54, 1.807) is 25.6 Å². The molecule has 3 aromatic rings. The number of halogens is 1. The number of aromatic nitrogens is 4. The molecule has 0 amide bonds. The first-order chi connectivity index (χ1) is 19.7. The van der Waals surface area contributed by atoms with Crippen molar-refractivity contribution in [1.82, 2.24) is 24.4 Å². The summed E-state index contributed by atoms with van der Waals surface area (Å²) in [6, 6.07) is 1.82. The zero-order valence-electron chi connectivity index (χ0n) is 22.5. The number of anilines is 1. The largest absolute Gasteiger partial charge is 0.440 e. The molecule has 206 valence electrons. The highest BCUT2D eigenvalue weighted by Crippen LogP contribution is 2.31. The van der Waals surface area contributed by atoms with Gasteiger partial charge in [-0.25, -0.2) is 19.3 Å². The Balaban J connectivity index is 1.10. The number of alkyl halides is 1. The van der Waals surface area contributed by atoms with Crippen LogP contribution in [0.15, 0.2) is 63.8 Å². The molecule has 1 saturated heterocycles. The zero-order chi connectivity index (χ0) is 27.3. The molecule has 1 fully saturated rings. The Morgan fingerprint density at radius 2 is 2.15 bits per heavy atom. The summed E-state index contributed by atoms with van der Waals surface area (Å²) in [7, 11) is 1.72. The Labute approximate surface area is 231 Å². The average molecular weight is 542 g/mol. The monoisotopic (exact) mass is 541 g/mol. The van der Waals surface area contributed by atoms with E-state index in [1.165, 1.54) is 12.2 Å². The molecule has 0 spiro atoms. The van der Waals surface area contributed by atoms with Crippen molar-refractivity contribution in [3.8, 4) is 0 Å². The Morgan fingerprint density at radius 1 is 1.23 bits per heavy atom. The molecule has 0 bridgehead atoms. The number of hydrogen-bond acceptors (Lipinski definition) is 8. The van der Waals surface area contributed by atoms with Crippen LogP contribution in [0.2, 0.25) is 0 Å². The van der Waals surface area contributed by atoms with Crippen LogP contribution in [0.3, 0.4) is 0 Å². The lowest BCUT2D eigenvalue weighted by Gasteiger charge is -2.37. The minimum absolute atomic E-state index is 0.219. The van der Waals surface area contributed by atoms with Crippen molar-refractivity contribution in [1.29, 1.82) is 0 Å². The number of nitrogens with zero attached hydrogens (tertiary/aromatic N) is 6. The van der Waals surface area contributed by atoms with Crippen LogP contribution in [0.25, 0.3) is 22.9 Å². The molecule has 1 atom stereocenters. The van der Waals surface area contributed by atoms with Gasteiger partial charge in [-0.2, -0.15) is 0 Å². The van der Waals surface area contributed by atoms with Crippen molar-refractivity contribution in [3.63, 3.8) is 0 Å². The second-order valence-corrected chi connectivity index (χ2v) is 9.97. The summed E-state index contributed by atoms with van der Waals surface area (Å²) in [6.07, 6.45) is 16.6. The van der Waals surface area contributed by atoms with Gasteiger partial charge in [-0.05, 0) is 30.7 Å². The highest BCUT2D eigenvalue weighted by Gasteiger charge is 2.32. The van der Waals surface area contributed by atoms with Crippen molar-refractivity contribution in [3.05, 3.63) is 76.8 Å². The summed E-state index contributed by atoms with van der Waals surface area (Å²) in [5.41, 5.74) is 5.27. The summed E-state index contributed by atoms with van der Waals surface area (Å²) in [6.45, 7) is 4.38. The molecule has 1 N–H and O–H groups in total. The standard InChI is InChI=1S/C30H32FN7O2/c1-39-16-15-38-25-9-5-3-2-4-8-24(25)35-27(38)11-14-37-19-21(20-37)30-36-28-26(40-30)10-13-33-29(28)34-18-23-17-22(31)7-6-12-32-23/h2-4,6-7,9-10,12-13,17,21-22H,5,11,14-16,18-20H2,1H3,(H,33,34)/b3-2-,25-9+. The summed E-state index contributed by atoms with van der Waals surface area (Å²) in [5.74, 6) is 2.59. The number of aliphatic imine (C=N–C) groups is 1. The molecule has 10 heteroatoms. The molecule has 3 aliphatic rings. The third-order valence-corrected chi connectivity index (χ3v) is 7.20. The van der Waals surface area contributed by atoms with E-state index < -0.39 is 6.17 Å². The van der Waals surface area contributed by atoms with Gasteiger partial charge in [-0.15, -0.1) is 0 Å². The number of allylic oxidation sites excluding steroid dienone is 6. The van der Waals surface area contributed by atoms with E-state index in [2.05, 4.69) is 42.6 Å². The fourth-order valence-electron chi connectivity index (χ4n) is 5.10. The Kier molecular flexibility index (Phi) is 7.81. The first-order valence-electron chi connectivity index (χ1n) is 13.6. The van der Waals surface area contributed by atoms with Gasteiger partial charge in [0.2, 0.25) is 5.89 Å². The molecule has 5 heterocycles. The summed E-state index contributed by atoms with van der Waals surface area (Å²) < 4.78 is 27.5. The lowest BCUT2D eigenvalue weighted by molar-refractivity contribution is 0.132. The number of rotatable bonds is 10. The Morgan fingerprint density at radius 3 is 3.05 bits per heavy atom. The van der Waals surface area contributed by atoms with Crippen LogP contribution in [0, 0.1) is 0 Å². The van der Waals surface area contributed by atoms with Crippen LogP contribution in [0.4, 0.5) is 10.2 Å². The lowest BCUT2D eigenvalue weighted by atomic mass is 10.00. The number of hydrogen-bond donors (Lipinski definition) is 1. The summed E-state index contributed by atoms with van der Waals surface area (Å²) in [4.78, 5) is 20.8. The summed E-state index contributed by atoms with van der Waals surface area (Å²) in [5, 5.41) is 5.24. The van der Waals surface area contributed by atoms with Gasteiger partial charge in [0.15, 0.2) is 16.9 Å². The second-order valence-electron chi connectivity index (χ2n) is 9.97. The molecule has 1 aliphatic carbocycles. The number of likely N-dealkylation sites (tertiary alicyclic amines) is 1. The third-order valence-electron chi connectivity index (χ3n) is 7.20. The minimum atomic E-state index is -1.15. The maximum atomic E-state index is 13.8. The van der Waals surface area contributed by atoms with Gasteiger partial charge in [0.1, 0.15) is 17.3 Å². The molecule has 0 radical (unpaired) electrons. The predicted octanol–water partition coefficient (Wildman–Crippen LogP) is 2.66. The molecule has 0 saturated carbocycles. The maximum Gasteiger partial charge on any atom is 0.201 e. The molecule has 9 nitrogen and oxygen atoms in total. The van der Waals surface area contributed by atoms with Crippen LogP contribution >= 0.6 is 0 Å². The molecule has 1 unspecified atom stereocenters. The number of pyridine rings is 1. The highest BCUT2D eigenvalue weighted by molar-refractivity contribution is 5.84. The van der Waals surface area contributed by atoms with E-state index >= 15 is 0 Å². The van der Waals surface area contributed by atoms with Crippen LogP contribution in [0.1, 0.15) is 24.1 Å². The highest BCUT2D eigenvalue weighted by atomic mass is 19.1. The molecular weight excluding hydrogens is 509 g/mol. The van der Waals surface area contributed by atoms with Crippen molar-refractivity contribution < 1.29 is 13.5 Å². The number of fused-ring (bicyclic) bond motifs is 2. The van der Waals surface area contributed by atoms with Crippen LogP contribution in [0.5, 0.6) is 0 Å². The first kappa shape index (κ1) is 26.1. The normalized spacial score (nSPS) is 20.5. The third kappa shape index (κ3) is 5.74. The predicted molar refractivity (Wildman–Crippen MR) is 153 cm³/mol. The smallest absolute Gasteiger partial charge is 0.201 e. The number of ether oxygens (including phenoxy) is 1. The lowest BCUT2D eigenvalue weighted by Crippen LogP contribution is -2.46. The van der Waals surface area contributed by atoms with Gasteiger partial charge in [-0.3, -0.25) is 4.99 Å². The van der Waals surface area contributed by atoms with Crippen molar-refractivity contribution in [2.45, 2.75) is 31.5 Å². The van der Waals surface area contributed by atoms with Gasteiger partial charge in [0.25, 0.3) is 0 Å². The number of methoxy groups -OCH3 is 1. The Bertz CT molecular complexity index is 1650. The SMILES string of the molecule is COCCn1c(CCN2CC(c3nc4c(NCC5=CC(F)C=CC=N5)nccc4o3)C2)nc2/c1=C\C/C=C\C=C=2. The van der Waals surface area contributed by atoms with E-state index in [4.69, 9.17) is 19.1 Å². The molecule has 2 aliphatic heterocycles. The van der Waals surface area contributed by atoms with E-state index in [9.17, 15) is 4.39 Å². The van der Waals surface area contributed by atoms with E-state index in [1.807, 2.05) is 18.2 Å². The Hall–Kier alpha value is -4.11. The number of oxazole rings is 1. The average Bonchev–Trinajstić information content (AvgIpc) is 3.40. The molecule has 3 aromatic heterocycles. The van der Waals surface area contributed by atoms with Gasteiger partial charge in [0, 0.05) is 58.2 Å². The fraction of sp³-hybridized carbons (Fsp3) is 0.367. The van der Waals surface area contributed by atoms with Crippen molar-refractivity contribution >= 4 is 34.9 Å². The molecule has 6 rings (SSSR count). The van der Waals surface area contributed by atoms with Crippen LogP contribution in [-0.4, -0.2) is 76.7 Å². The quantitative estimate of drug-likeness (QED) is 0.422. The van der Waals surface area contributed by atoms with E-state index in [0.717, 1.165) is 55.5 Å².